The van der Waals surface area contributed by atoms with Crippen molar-refractivity contribution in [3.8, 4) is 22.8 Å². The molecular formula is C25H29N3O3. The van der Waals surface area contributed by atoms with E-state index in [9.17, 15) is 4.79 Å². The molecule has 4 rings (SSSR count). The lowest BCUT2D eigenvalue weighted by atomic mass is 10.0. The molecule has 0 spiro atoms. The van der Waals surface area contributed by atoms with Crippen LogP contribution in [0, 0.1) is 6.92 Å². The van der Waals surface area contributed by atoms with E-state index < -0.39 is 0 Å². The molecule has 0 atom stereocenters. The van der Waals surface area contributed by atoms with E-state index in [1.165, 1.54) is 12.8 Å². The van der Waals surface area contributed by atoms with Gasteiger partial charge in [0.25, 0.3) is 0 Å². The molecule has 1 aliphatic heterocycles. The number of carbonyl (C=O) groups is 1. The molecule has 162 valence electrons. The second kappa shape index (κ2) is 9.35. The van der Waals surface area contributed by atoms with E-state index in [-0.39, 0.29) is 12.3 Å². The van der Waals surface area contributed by atoms with Crippen LogP contribution in [0.4, 0.5) is 0 Å². The maximum absolute atomic E-state index is 11.2. The van der Waals surface area contributed by atoms with Crippen molar-refractivity contribution in [3.05, 3.63) is 53.6 Å². The summed E-state index contributed by atoms with van der Waals surface area (Å²) in [6.45, 7) is 5.96. The standard InChI is InChI=1S/C25H29N3O3/c1-17-13-22(27-21-7-5-18(14-20(17)21)15-25(26)29)19-6-8-23(24(16-19)30-2)31-12-11-28-9-3-4-10-28/h5-8,13-14,16H,3-4,9-12,15H2,1-2H3,(H2,26,29). The van der Waals surface area contributed by atoms with Crippen LogP contribution in [-0.2, 0) is 11.2 Å². The second-order valence-electron chi connectivity index (χ2n) is 8.08. The maximum Gasteiger partial charge on any atom is 0.221 e. The Morgan fingerprint density at radius 3 is 2.65 bits per heavy atom. The van der Waals surface area contributed by atoms with E-state index in [1.807, 2.05) is 36.4 Å². The number of hydrogen-bond donors (Lipinski definition) is 1. The van der Waals surface area contributed by atoms with Crippen LogP contribution in [0.15, 0.2) is 42.5 Å². The lowest BCUT2D eigenvalue weighted by molar-refractivity contribution is -0.117. The van der Waals surface area contributed by atoms with Crippen molar-refractivity contribution in [2.45, 2.75) is 26.2 Å². The summed E-state index contributed by atoms with van der Waals surface area (Å²) in [5, 5.41) is 1.02. The van der Waals surface area contributed by atoms with Crippen molar-refractivity contribution >= 4 is 16.8 Å². The fourth-order valence-corrected chi connectivity index (χ4v) is 4.14. The van der Waals surface area contributed by atoms with E-state index in [2.05, 4.69) is 17.9 Å². The Labute approximate surface area is 183 Å². The van der Waals surface area contributed by atoms with Crippen molar-refractivity contribution in [1.29, 1.82) is 0 Å². The predicted octanol–water partition coefficient (Wildman–Crippen LogP) is 3.72. The monoisotopic (exact) mass is 419 g/mol. The molecule has 2 aromatic carbocycles. The summed E-state index contributed by atoms with van der Waals surface area (Å²) in [6, 6.07) is 13.8. The van der Waals surface area contributed by atoms with Gasteiger partial charge in [-0.05, 0) is 80.4 Å². The number of benzene rings is 2. The second-order valence-corrected chi connectivity index (χ2v) is 8.08. The Hall–Kier alpha value is -3.12. The molecule has 1 saturated heterocycles. The van der Waals surface area contributed by atoms with Gasteiger partial charge in [0.2, 0.25) is 5.91 Å². The smallest absolute Gasteiger partial charge is 0.221 e. The highest BCUT2D eigenvalue weighted by molar-refractivity contribution is 5.87. The number of rotatable bonds is 8. The largest absolute Gasteiger partial charge is 0.493 e. The number of aryl methyl sites for hydroxylation is 1. The number of primary amides is 1. The average molecular weight is 420 g/mol. The molecule has 0 saturated carbocycles. The van der Waals surface area contributed by atoms with Crippen molar-refractivity contribution in [3.63, 3.8) is 0 Å². The van der Waals surface area contributed by atoms with Gasteiger partial charge >= 0.3 is 0 Å². The molecule has 6 heteroatoms. The third kappa shape index (κ3) is 4.97. The molecule has 1 aromatic heterocycles. The number of carbonyl (C=O) groups excluding carboxylic acids is 1. The van der Waals surface area contributed by atoms with Gasteiger partial charge in [-0.15, -0.1) is 0 Å². The first-order valence-electron chi connectivity index (χ1n) is 10.8. The fourth-order valence-electron chi connectivity index (χ4n) is 4.14. The van der Waals surface area contributed by atoms with Crippen molar-refractivity contribution in [1.82, 2.24) is 9.88 Å². The molecule has 0 bridgehead atoms. The van der Waals surface area contributed by atoms with Crippen LogP contribution in [0.1, 0.15) is 24.0 Å². The molecule has 1 aliphatic rings. The molecule has 6 nitrogen and oxygen atoms in total. The lowest BCUT2D eigenvalue weighted by Crippen LogP contribution is -2.25. The normalized spacial score (nSPS) is 14.1. The number of pyridine rings is 1. The molecule has 0 unspecified atom stereocenters. The Bertz CT molecular complexity index is 1090. The Morgan fingerprint density at radius 2 is 1.90 bits per heavy atom. The number of likely N-dealkylation sites (tertiary alicyclic amines) is 1. The molecule has 0 radical (unpaired) electrons. The van der Waals surface area contributed by atoms with Gasteiger partial charge in [-0.2, -0.15) is 0 Å². The highest BCUT2D eigenvalue weighted by Gasteiger charge is 2.13. The summed E-state index contributed by atoms with van der Waals surface area (Å²) >= 11 is 0. The zero-order chi connectivity index (χ0) is 21.8. The first-order valence-corrected chi connectivity index (χ1v) is 10.8. The van der Waals surface area contributed by atoms with Crippen LogP contribution in [-0.4, -0.2) is 49.1 Å². The highest BCUT2D eigenvalue weighted by Crippen LogP contribution is 2.33. The zero-order valence-corrected chi connectivity index (χ0v) is 18.2. The quantitative estimate of drug-likeness (QED) is 0.602. The van der Waals surface area contributed by atoms with Gasteiger partial charge in [0.05, 0.1) is 24.7 Å². The highest BCUT2D eigenvalue weighted by atomic mass is 16.5. The van der Waals surface area contributed by atoms with Gasteiger partial charge < -0.3 is 15.2 Å². The first-order chi connectivity index (χ1) is 15.0. The fraction of sp³-hybridized carbons (Fsp3) is 0.360. The minimum absolute atomic E-state index is 0.230. The summed E-state index contributed by atoms with van der Waals surface area (Å²) in [7, 11) is 1.66. The number of nitrogens with zero attached hydrogens (tertiary/aromatic N) is 2. The third-order valence-electron chi connectivity index (χ3n) is 5.78. The molecule has 1 fully saturated rings. The summed E-state index contributed by atoms with van der Waals surface area (Å²) in [4.78, 5) is 18.5. The molecule has 31 heavy (non-hydrogen) atoms. The van der Waals surface area contributed by atoms with E-state index >= 15 is 0 Å². The van der Waals surface area contributed by atoms with Gasteiger partial charge in [0.1, 0.15) is 6.61 Å². The van der Waals surface area contributed by atoms with Crippen molar-refractivity contribution < 1.29 is 14.3 Å². The summed E-state index contributed by atoms with van der Waals surface area (Å²) < 4.78 is 11.6. The van der Waals surface area contributed by atoms with Gasteiger partial charge in [-0.1, -0.05) is 6.07 Å². The maximum atomic E-state index is 11.2. The van der Waals surface area contributed by atoms with Crippen LogP contribution in [0.2, 0.25) is 0 Å². The molecule has 2 heterocycles. The van der Waals surface area contributed by atoms with Crippen molar-refractivity contribution in [2.75, 3.05) is 33.4 Å². The topological polar surface area (TPSA) is 77.7 Å². The Balaban J connectivity index is 1.55. The Kier molecular flexibility index (Phi) is 6.37. The van der Waals surface area contributed by atoms with Crippen LogP contribution in [0.5, 0.6) is 11.5 Å². The number of nitrogens with two attached hydrogens (primary N) is 1. The molecular weight excluding hydrogens is 390 g/mol. The summed E-state index contributed by atoms with van der Waals surface area (Å²) in [6.07, 6.45) is 2.79. The van der Waals surface area contributed by atoms with E-state index in [0.29, 0.717) is 12.4 Å². The number of amides is 1. The summed E-state index contributed by atoms with van der Waals surface area (Å²) in [5.74, 6) is 1.12. The SMILES string of the molecule is COc1cc(-c2cc(C)c3cc(CC(N)=O)ccc3n2)ccc1OCCN1CCCC1. The first kappa shape index (κ1) is 21.1. The van der Waals surface area contributed by atoms with Crippen LogP contribution in [0.25, 0.3) is 22.2 Å². The van der Waals surface area contributed by atoms with Gasteiger partial charge in [0.15, 0.2) is 11.5 Å². The lowest BCUT2D eigenvalue weighted by Gasteiger charge is -2.17. The van der Waals surface area contributed by atoms with Crippen LogP contribution < -0.4 is 15.2 Å². The molecule has 3 aromatic rings. The van der Waals surface area contributed by atoms with Crippen LogP contribution >= 0.6 is 0 Å². The average Bonchev–Trinajstić information content (AvgIpc) is 3.27. The molecule has 0 aliphatic carbocycles. The number of methoxy groups -OCH3 is 1. The minimum Gasteiger partial charge on any atom is -0.493 e. The number of ether oxygens (including phenoxy) is 2. The summed E-state index contributed by atoms with van der Waals surface area (Å²) in [5.41, 5.74) is 10.0. The molecule has 1 amide bonds. The Morgan fingerprint density at radius 1 is 1.10 bits per heavy atom. The van der Waals surface area contributed by atoms with Gasteiger partial charge in [-0.25, -0.2) is 4.98 Å². The third-order valence-corrected chi connectivity index (χ3v) is 5.78. The predicted molar refractivity (Wildman–Crippen MR) is 123 cm³/mol. The number of aromatic nitrogens is 1. The van der Waals surface area contributed by atoms with Gasteiger partial charge in [-0.3, -0.25) is 9.69 Å². The number of fused-ring (bicyclic) bond motifs is 1. The number of hydrogen-bond acceptors (Lipinski definition) is 5. The minimum atomic E-state index is -0.337. The zero-order valence-electron chi connectivity index (χ0n) is 18.2. The van der Waals surface area contributed by atoms with Crippen molar-refractivity contribution in [2.24, 2.45) is 5.73 Å². The van der Waals surface area contributed by atoms with E-state index in [1.54, 1.807) is 7.11 Å². The molecule has 2 N–H and O–H groups in total. The van der Waals surface area contributed by atoms with Gasteiger partial charge in [0, 0.05) is 17.5 Å². The van der Waals surface area contributed by atoms with E-state index in [4.69, 9.17) is 20.2 Å². The van der Waals surface area contributed by atoms with Crippen LogP contribution in [0.3, 0.4) is 0 Å². The van der Waals surface area contributed by atoms with E-state index in [0.717, 1.165) is 58.7 Å².